The SMILES string of the molecule is Nc1ccc(NCC2CCOC2)c(C(F)(F)F)c1. The second kappa shape index (κ2) is 5.06. The molecule has 100 valence electrons. The number of halogens is 3. The fourth-order valence-corrected chi connectivity index (χ4v) is 1.95. The first-order chi connectivity index (χ1) is 8.47. The molecule has 6 heteroatoms. The molecule has 0 aromatic heterocycles. The van der Waals surface area contributed by atoms with Gasteiger partial charge in [0.05, 0.1) is 12.2 Å². The lowest BCUT2D eigenvalue weighted by molar-refractivity contribution is -0.136. The van der Waals surface area contributed by atoms with Crippen LogP contribution >= 0.6 is 0 Å². The Kier molecular flexibility index (Phi) is 3.65. The predicted octanol–water partition coefficient (Wildman–Crippen LogP) is 2.74. The summed E-state index contributed by atoms with van der Waals surface area (Å²) >= 11 is 0. The molecule has 0 amide bonds. The number of hydrogen-bond acceptors (Lipinski definition) is 3. The van der Waals surface area contributed by atoms with Gasteiger partial charge >= 0.3 is 6.18 Å². The van der Waals surface area contributed by atoms with Crippen molar-refractivity contribution in [3.63, 3.8) is 0 Å². The zero-order valence-electron chi connectivity index (χ0n) is 9.76. The average Bonchev–Trinajstić information content (AvgIpc) is 2.79. The van der Waals surface area contributed by atoms with Crippen molar-refractivity contribution in [1.82, 2.24) is 0 Å². The van der Waals surface area contributed by atoms with Gasteiger partial charge < -0.3 is 15.8 Å². The summed E-state index contributed by atoms with van der Waals surface area (Å²) in [7, 11) is 0. The molecule has 1 saturated heterocycles. The van der Waals surface area contributed by atoms with Gasteiger partial charge in [-0.15, -0.1) is 0 Å². The van der Waals surface area contributed by atoms with Crippen molar-refractivity contribution >= 4 is 11.4 Å². The maximum absolute atomic E-state index is 12.8. The summed E-state index contributed by atoms with van der Waals surface area (Å²) in [5, 5.41) is 2.83. The molecular weight excluding hydrogens is 245 g/mol. The molecule has 3 nitrogen and oxygen atoms in total. The molecule has 1 unspecified atom stereocenters. The lowest BCUT2D eigenvalue weighted by Gasteiger charge is -2.17. The Hall–Kier alpha value is -1.43. The van der Waals surface area contributed by atoms with Crippen LogP contribution in [0.4, 0.5) is 24.5 Å². The molecular formula is C12H15F3N2O. The van der Waals surface area contributed by atoms with E-state index in [0.29, 0.717) is 19.8 Å². The summed E-state index contributed by atoms with van der Waals surface area (Å²) in [6.45, 7) is 1.76. The van der Waals surface area contributed by atoms with Crippen molar-refractivity contribution in [2.45, 2.75) is 12.6 Å². The van der Waals surface area contributed by atoms with Gasteiger partial charge in [0, 0.05) is 30.4 Å². The second-order valence-electron chi connectivity index (χ2n) is 4.41. The van der Waals surface area contributed by atoms with Crippen LogP contribution in [0.15, 0.2) is 18.2 Å². The van der Waals surface area contributed by atoms with Crippen molar-refractivity contribution in [2.75, 3.05) is 30.8 Å². The first kappa shape index (κ1) is 13.0. The Morgan fingerprint density at radius 2 is 2.17 bits per heavy atom. The monoisotopic (exact) mass is 260 g/mol. The molecule has 0 radical (unpaired) electrons. The molecule has 1 aromatic rings. The van der Waals surface area contributed by atoms with Gasteiger partial charge in [-0.3, -0.25) is 0 Å². The standard InChI is InChI=1S/C12H15F3N2O/c13-12(14,15)10-5-9(16)1-2-11(10)17-6-8-3-4-18-7-8/h1-2,5,8,17H,3-4,6-7,16H2. The number of hydrogen-bond donors (Lipinski definition) is 2. The van der Waals surface area contributed by atoms with Crippen LogP contribution in [-0.2, 0) is 10.9 Å². The number of anilines is 2. The van der Waals surface area contributed by atoms with Crippen molar-refractivity contribution in [2.24, 2.45) is 5.92 Å². The summed E-state index contributed by atoms with van der Waals surface area (Å²) in [5.41, 5.74) is 4.85. The highest BCUT2D eigenvalue weighted by Gasteiger charge is 2.33. The molecule has 0 saturated carbocycles. The lowest BCUT2D eigenvalue weighted by Crippen LogP contribution is -2.17. The Balaban J connectivity index is 2.11. The molecule has 2 rings (SSSR count). The van der Waals surface area contributed by atoms with E-state index in [1.165, 1.54) is 12.1 Å². The highest BCUT2D eigenvalue weighted by molar-refractivity contribution is 5.59. The van der Waals surface area contributed by atoms with Gasteiger partial charge in [-0.05, 0) is 24.6 Å². The Morgan fingerprint density at radius 3 is 2.78 bits per heavy atom. The summed E-state index contributed by atoms with van der Waals surface area (Å²) in [4.78, 5) is 0. The summed E-state index contributed by atoms with van der Waals surface area (Å²) < 4.78 is 43.6. The topological polar surface area (TPSA) is 47.3 Å². The molecule has 0 aliphatic carbocycles. The van der Waals surface area contributed by atoms with Gasteiger partial charge in [0.1, 0.15) is 0 Å². The third-order valence-electron chi connectivity index (χ3n) is 2.95. The highest BCUT2D eigenvalue weighted by atomic mass is 19.4. The second-order valence-corrected chi connectivity index (χ2v) is 4.41. The number of nitrogens with one attached hydrogen (secondary N) is 1. The minimum absolute atomic E-state index is 0.0728. The van der Waals surface area contributed by atoms with E-state index in [0.717, 1.165) is 12.5 Å². The fourth-order valence-electron chi connectivity index (χ4n) is 1.95. The molecule has 1 heterocycles. The predicted molar refractivity (Wildman–Crippen MR) is 63.3 cm³/mol. The quantitative estimate of drug-likeness (QED) is 0.821. The van der Waals surface area contributed by atoms with Gasteiger partial charge in [0.25, 0.3) is 0 Å². The molecule has 18 heavy (non-hydrogen) atoms. The van der Waals surface area contributed by atoms with Crippen LogP contribution in [0.2, 0.25) is 0 Å². The molecule has 1 aliphatic rings. The van der Waals surface area contributed by atoms with E-state index in [1.54, 1.807) is 0 Å². The highest BCUT2D eigenvalue weighted by Crippen LogP contribution is 2.36. The molecule has 1 aromatic carbocycles. The molecule has 0 spiro atoms. The Morgan fingerprint density at radius 1 is 1.39 bits per heavy atom. The number of nitrogens with two attached hydrogens (primary N) is 1. The summed E-state index contributed by atoms with van der Waals surface area (Å²) in [6, 6.07) is 3.78. The number of alkyl halides is 3. The normalized spacial score (nSPS) is 20.1. The van der Waals surface area contributed by atoms with Gasteiger partial charge in [-0.25, -0.2) is 0 Å². The average molecular weight is 260 g/mol. The van der Waals surface area contributed by atoms with Gasteiger partial charge in [-0.1, -0.05) is 0 Å². The number of rotatable bonds is 3. The summed E-state index contributed by atoms with van der Waals surface area (Å²) in [6.07, 6.45) is -3.52. The smallest absolute Gasteiger partial charge is 0.399 e. The number of ether oxygens (including phenoxy) is 1. The van der Waals surface area contributed by atoms with Gasteiger partial charge in [-0.2, -0.15) is 13.2 Å². The van der Waals surface area contributed by atoms with E-state index in [9.17, 15) is 13.2 Å². The van der Waals surface area contributed by atoms with E-state index in [-0.39, 0.29) is 17.3 Å². The van der Waals surface area contributed by atoms with E-state index in [2.05, 4.69) is 5.32 Å². The van der Waals surface area contributed by atoms with Gasteiger partial charge in [0.2, 0.25) is 0 Å². The van der Waals surface area contributed by atoms with Crippen LogP contribution in [0.25, 0.3) is 0 Å². The van der Waals surface area contributed by atoms with E-state index < -0.39 is 11.7 Å². The maximum atomic E-state index is 12.8. The zero-order valence-corrected chi connectivity index (χ0v) is 9.76. The zero-order chi connectivity index (χ0) is 13.2. The van der Waals surface area contributed by atoms with E-state index in [1.807, 2.05) is 0 Å². The molecule has 1 fully saturated rings. The van der Waals surface area contributed by atoms with Crippen molar-refractivity contribution in [3.8, 4) is 0 Å². The lowest BCUT2D eigenvalue weighted by atomic mass is 10.1. The first-order valence-electron chi connectivity index (χ1n) is 5.75. The largest absolute Gasteiger partial charge is 0.418 e. The molecule has 1 aliphatic heterocycles. The fraction of sp³-hybridized carbons (Fsp3) is 0.500. The Labute approximate surface area is 103 Å². The molecule has 0 bridgehead atoms. The van der Waals surface area contributed by atoms with Crippen LogP contribution in [0.3, 0.4) is 0 Å². The molecule has 1 atom stereocenters. The number of nitrogen functional groups attached to an aromatic ring is 1. The number of benzene rings is 1. The molecule has 3 N–H and O–H groups in total. The van der Waals surface area contributed by atoms with Crippen LogP contribution in [0.5, 0.6) is 0 Å². The van der Waals surface area contributed by atoms with Crippen molar-refractivity contribution < 1.29 is 17.9 Å². The van der Waals surface area contributed by atoms with Gasteiger partial charge in [0.15, 0.2) is 0 Å². The maximum Gasteiger partial charge on any atom is 0.418 e. The van der Waals surface area contributed by atoms with Crippen molar-refractivity contribution in [3.05, 3.63) is 23.8 Å². The summed E-state index contributed by atoms with van der Waals surface area (Å²) in [5.74, 6) is 0.267. The van der Waals surface area contributed by atoms with Crippen LogP contribution in [-0.4, -0.2) is 19.8 Å². The first-order valence-corrected chi connectivity index (χ1v) is 5.75. The minimum Gasteiger partial charge on any atom is -0.399 e. The van der Waals surface area contributed by atoms with Crippen LogP contribution < -0.4 is 11.1 Å². The van der Waals surface area contributed by atoms with Crippen molar-refractivity contribution in [1.29, 1.82) is 0 Å². The Bertz CT molecular complexity index is 414. The van der Waals surface area contributed by atoms with E-state index in [4.69, 9.17) is 10.5 Å². The minimum atomic E-state index is -4.40. The third kappa shape index (κ3) is 3.07. The van der Waals surface area contributed by atoms with Crippen LogP contribution in [0, 0.1) is 5.92 Å². The van der Waals surface area contributed by atoms with Crippen LogP contribution in [0.1, 0.15) is 12.0 Å². The third-order valence-corrected chi connectivity index (χ3v) is 2.95. The van der Waals surface area contributed by atoms with E-state index >= 15 is 0 Å².